The van der Waals surface area contributed by atoms with Crippen molar-refractivity contribution in [3.63, 3.8) is 0 Å². The zero-order valence-electron chi connectivity index (χ0n) is 8.99. The minimum Gasteiger partial charge on any atom is -0.467 e. The quantitative estimate of drug-likeness (QED) is 0.456. The number of esters is 1. The molecule has 0 bridgehead atoms. The van der Waals surface area contributed by atoms with Gasteiger partial charge in [0.15, 0.2) is 12.2 Å². The Hall–Kier alpha value is -1.53. The van der Waals surface area contributed by atoms with E-state index < -0.39 is 18.2 Å². The molecule has 1 heterocycles. The highest BCUT2D eigenvalue weighted by molar-refractivity contribution is 8.10. The first kappa shape index (κ1) is 11.9. The van der Waals surface area contributed by atoms with Gasteiger partial charge in [0.05, 0.1) is 7.11 Å². The summed E-state index contributed by atoms with van der Waals surface area (Å²) < 4.78 is 14.5. The van der Waals surface area contributed by atoms with E-state index in [1.807, 2.05) is 6.07 Å². The van der Waals surface area contributed by atoms with Gasteiger partial charge in [0.2, 0.25) is 0 Å². The molecule has 0 radical (unpaired) electrons. The molecule has 1 aliphatic rings. The third kappa shape index (κ3) is 2.98. The summed E-state index contributed by atoms with van der Waals surface area (Å²) in [5, 5.41) is -0.343. The van der Waals surface area contributed by atoms with E-state index in [0.29, 0.717) is 17.8 Å². The Kier molecular flexibility index (Phi) is 3.65. The minimum absolute atomic E-state index is 0.343. The molecule has 0 aromatic heterocycles. The largest absolute Gasteiger partial charge is 0.467 e. The molecule has 0 aliphatic carbocycles. The second-order valence-electron chi connectivity index (χ2n) is 3.30. The van der Waals surface area contributed by atoms with Crippen molar-refractivity contribution < 1.29 is 23.2 Å². The molecule has 1 aliphatic heterocycles. The molecule has 17 heavy (non-hydrogen) atoms. The summed E-state index contributed by atoms with van der Waals surface area (Å²) in [6, 6.07) is 8.89. The van der Waals surface area contributed by atoms with Crippen molar-refractivity contribution in [2.75, 3.05) is 7.11 Å². The maximum Gasteiger partial charge on any atom is 0.338 e. The van der Waals surface area contributed by atoms with Gasteiger partial charge in [-0.05, 0) is 12.1 Å². The number of carbonyl (C=O) groups is 2. The Bertz CT molecular complexity index is 419. The lowest BCUT2D eigenvalue weighted by Crippen LogP contribution is -2.15. The molecule has 1 saturated heterocycles. The van der Waals surface area contributed by atoms with E-state index in [-0.39, 0.29) is 5.12 Å². The Labute approximate surface area is 102 Å². The first-order chi connectivity index (χ1) is 8.22. The number of benzene rings is 1. The fraction of sp³-hybridized carbons (Fsp3) is 0.273. The number of ether oxygens (including phenoxy) is 2. The fourth-order valence-corrected chi connectivity index (χ4v) is 1.76. The van der Waals surface area contributed by atoms with Crippen molar-refractivity contribution >= 4 is 23.1 Å². The van der Waals surface area contributed by atoms with Crippen LogP contribution in [-0.2, 0) is 19.1 Å². The average molecular weight is 254 g/mol. The van der Waals surface area contributed by atoms with Gasteiger partial charge in [0, 0.05) is 0 Å². The Morgan fingerprint density at radius 3 is 2.59 bits per heavy atom. The molecule has 1 aromatic rings. The van der Waals surface area contributed by atoms with E-state index in [0.717, 1.165) is 0 Å². The summed E-state index contributed by atoms with van der Waals surface area (Å²) in [6.07, 6.45) is -1.53. The van der Waals surface area contributed by atoms with E-state index in [1.165, 1.54) is 7.11 Å². The van der Waals surface area contributed by atoms with E-state index in [2.05, 4.69) is 4.74 Å². The maximum absolute atomic E-state index is 11.5. The SMILES string of the molecule is COC(=O)[C@@H]1O[C@@H]1C(=O)SOc1ccccc1. The number of hydrogen-bond donors (Lipinski definition) is 0. The number of epoxide rings is 1. The van der Waals surface area contributed by atoms with Crippen LogP contribution in [0.3, 0.4) is 0 Å². The zero-order valence-corrected chi connectivity index (χ0v) is 9.81. The molecule has 0 amide bonds. The standard InChI is InChI=1S/C11H10O5S/c1-14-10(12)8-9(15-8)11(13)17-16-7-5-3-2-4-6-7/h2-6,8-9H,1H3/t8-,9+/m1/s1. The minimum atomic E-state index is -0.778. The third-order valence-corrected chi connectivity index (χ3v) is 2.79. The molecule has 5 nitrogen and oxygen atoms in total. The first-order valence-electron chi connectivity index (χ1n) is 4.89. The summed E-state index contributed by atoms with van der Waals surface area (Å²) in [7, 11) is 1.25. The third-order valence-electron chi connectivity index (χ3n) is 2.12. The summed E-state index contributed by atoms with van der Waals surface area (Å²) >= 11 is 0.660. The van der Waals surface area contributed by atoms with Crippen LogP contribution >= 0.6 is 12.0 Å². The molecule has 1 fully saturated rings. The smallest absolute Gasteiger partial charge is 0.338 e. The second kappa shape index (κ2) is 5.20. The van der Waals surface area contributed by atoms with Crippen LogP contribution < -0.4 is 4.18 Å². The predicted octanol–water partition coefficient (Wildman–Crippen LogP) is 1.18. The van der Waals surface area contributed by atoms with Gasteiger partial charge in [-0.3, -0.25) is 4.79 Å². The van der Waals surface area contributed by atoms with Gasteiger partial charge in [-0.2, -0.15) is 0 Å². The van der Waals surface area contributed by atoms with Crippen LogP contribution in [-0.4, -0.2) is 30.4 Å². The van der Waals surface area contributed by atoms with Gasteiger partial charge >= 0.3 is 5.97 Å². The number of para-hydroxylation sites is 1. The molecule has 0 saturated carbocycles. The summed E-state index contributed by atoms with van der Waals surface area (Å²) in [5.74, 6) is 0.0322. The first-order valence-corrected chi connectivity index (χ1v) is 5.63. The van der Waals surface area contributed by atoms with Crippen molar-refractivity contribution in [2.45, 2.75) is 12.2 Å². The van der Waals surface area contributed by atoms with E-state index in [1.54, 1.807) is 24.3 Å². The van der Waals surface area contributed by atoms with Crippen molar-refractivity contribution in [1.29, 1.82) is 0 Å². The topological polar surface area (TPSA) is 65.1 Å². The van der Waals surface area contributed by atoms with Gasteiger partial charge in [-0.25, -0.2) is 4.79 Å². The Morgan fingerprint density at radius 2 is 1.94 bits per heavy atom. The van der Waals surface area contributed by atoms with Crippen LogP contribution in [0.25, 0.3) is 0 Å². The van der Waals surface area contributed by atoms with E-state index in [4.69, 9.17) is 8.92 Å². The number of carbonyl (C=O) groups excluding carboxylic acids is 2. The van der Waals surface area contributed by atoms with Crippen LogP contribution in [0.4, 0.5) is 0 Å². The van der Waals surface area contributed by atoms with Crippen molar-refractivity contribution in [3.05, 3.63) is 30.3 Å². The second-order valence-corrected chi connectivity index (χ2v) is 4.03. The van der Waals surface area contributed by atoms with Gasteiger partial charge in [0.1, 0.15) is 17.8 Å². The van der Waals surface area contributed by atoms with Crippen molar-refractivity contribution in [3.8, 4) is 5.75 Å². The molecule has 1 aromatic carbocycles. The maximum atomic E-state index is 11.5. The summed E-state index contributed by atoms with van der Waals surface area (Å²) in [4.78, 5) is 22.5. The molecular weight excluding hydrogens is 244 g/mol. The number of hydrogen-bond acceptors (Lipinski definition) is 6. The monoisotopic (exact) mass is 254 g/mol. The Morgan fingerprint density at radius 1 is 1.24 bits per heavy atom. The molecule has 6 heteroatoms. The van der Waals surface area contributed by atoms with Crippen molar-refractivity contribution in [1.82, 2.24) is 0 Å². The predicted molar refractivity (Wildman–Crippen MR) is 60.3 cm³/mol. The molecule has 0 N–H and O–H groups in total. The van der Waals surface area contributed by atoms with Crippen LogP contribution in [0.15, 0.2) is 30.3 Å². The van der Waals surface area contributed by atoms with Gasteiger partial charge in [-0.1, -0.05) is 18.2 Å². The average Bonchev–Trinajstić information content (AvgIpc) is 3.16. The molecule has 2 atom stereocenters. The normalized spacial score (nSPS) is 21.7. The summed E-state index contributed by atoms with van der Waals surface area (Å²) in [5.41, 5.74) is 0. The molecule has 90 valence electrons. The zero-order chi connectivity index (χ0) is 12.3. The number of methoxy groups -OCH3 is 1. The van der Waals surface area contributed by atoms with Gasteiger partial charge < -0.3 is 13.7 Å². The van der Waals surface area contributed by atoms with Crippen LogP contribution in [0.1, 0.15) is 0 Å². The highest BCUT2D eigenvalue weighted by atomic mass is 32.2. The van der Waals surface area contributed by atoms with Crippen LogP contribution in [0.2, 0.25) is 0 Å². The summed E-state index contributed by atoms with van der Waals surface area (Å²) in [6.45, 7) is 0. The number of rotatable bonds is 4. The van der Waals surface area contributed by atoms with Crippen molar-refractivity contribution in [2.24, 2.45) is 0 Å². The lowest BCUT2D eigenvalue weighted by molar-refractivity contribution is -0.142. The molecule has 0 unspecified atom stereocenters. The molecule has 0 spiro atoms. The highest BCUT2D eigenvalue weighted by Crippen LogP contribution is 2.29. The molecule has 2 rings (SSSR count). The molecular formula is C11H10O5S. The fourth-order valence-electron chi connectivity index (χ4n) is 1.20. The van der Waals surface area contributed by atoms with E-state index in [9.17, 15) is 9.59 Å². The lowest BCUT2D eigenvalue weighted by atomic mass is 10.3. The lowest BCUT2D eigenvalue weighted by Gasteiger charge is -2.00. The van der Waals surface area contributed by atoms with Crippen LogP contribution in [0, 0.1) is 0 Å². The highest BCUT2D eigenvalue weighted by Gasteiger charge is 2.52. The van der Waals surface area contributed by atoms with Gasteiger partial charge in [-0.15, -0.1) is 0 Å². The Balaban J connectivity index is 1.78. The van der Waals surface area contributed by atoms with Gasteiger partial charge in [0.25, 0.3) is 5.12 Å². The van der Waals surface area contributed by atoms with Crippen LogP contribution in [0.5, 0.6) is 5.75 Å². The van der Waals surface area contributed by atoms with E-state index >= 15 is 0 Å².